The minimum absolute atomic E-state index is 0.250. The van der Waals surface area contributed by atoms with Gasteiger partial charge >= 0.3 is 0 Å². The molecule has 1 amide bonds. The Labute approximate surface area is 540 Å². The monoisotopic (exact) mass is 1250 g/mol. The number of nitrogens with one attached hydrogen (secondary N) is 1. The molecule has 2 aliphatic heterocycles. The number of carbonyl (C=O) groups excluding carboxylic acids is 1. The molecular weight excluding hydrogens is 1120 g/mol. The van der Waals surface area contributed by atoms with Crippen molar-refractivity contribution in [1.82, 2.24) is 5.32 Å². The first-order chi connectivity index (χ1) is 43.6. The highest BCUT2D eigenvalue weighted by Gasteiger charge is 2.51. The maximum atomic E-state index is 13.3. The Bertz CT molecular complexity index is 1910. The maximum Gasteiger partial charge on any atom is 0.220 e. The van der Waals surface area contributed by atoms with Crippen molar-refractivity contribution in [2.24, 2.45) is 0 Å². The summed E-state index contributed by atoms with van der Waals surface area (Å²) in [5, 5.41) is 87.5. The molecular formula is C75H129NO13. The van der Waals surface area contributed by atoms with Crippen LogP contribution in [0.3, 0.4) is 0 Å². The molecule has 2 heterocycles. The molecule has 2 fully saturated rings. The number of aliphatic hydroxyl groups is 8. The van der Waals surface area contributed by atoms with Gasteiger partial charge in [-0.25, -0.2) is 0 Å². The van der Waals surface area contributed by atoms with Crippen LogP contribution in [0.5, 0.6) is 0 Å². The molecule has 0 aromatic rings. The number of allylic oxidation sites excluding steroid dienone is 17. The molecule has 0 saturated carbocycles. The maximum absolute atomic E-state index is 13.3. The van der Waals surface area contributed by atoms with Crippen molar-refractivity contribution in [3.8, 4) is 0 Å². The summed E-state index contributed by atoms with van der Waals surface area (Å²) in [7, 11) is 0. The predicted octanol–water partition coefficient (Wildman–Crippen LogP) is 14.7. The van der Waals surface area contributed by atoms with E-state index in [1.54, 1.807) is 6.08 Å². The lowest BCUT2D eigenvalue weighted by Gasteiger charge is -2.46. The van der Waals surface area contributed by atoms with E-state index in [4.69, 9.17) is 18.9 Å². The normalized spacial score (nSPS) is 23.7. The zero-order valence-corrected chi connectivity index (χ0v) is 55.6. The van der Waals surface area contributed by atoms with Crippen LogP contribution in [0.4, 0.5) is 0 Å². The molecule has 2 aliphatic rings. The first-order valence-electron chi connectivity index (χ1n) is 35.6. The van der Waals surface area contributed by atoms with Crippen LogP contribution in [-0.2, 0) is 23.7 Å². The minimum atomic E-state index is -1.79. The number of hydrogen-bond donors (Lipinski definition) is 9. The molecule has 89 heavy (non-hydrogen) atoms. The van der Waals surface area contributed by atoms with Gasteiger partial charge in [-0.3, -0.25) is 4.79 Å². The second-order valence-electron chi connectivity index (χ2n) is 24.6. The van der Waals surface area contributed by atoms with E-state index in [0.29, 0.717) is 6.42 Å². The Morgan fingerprint density at radius 2 is 0.775 bits per heavy atom. The molecule has 12 atom stereocenters. The van der Waals surface area contributed by atoms with Gasteiger partial charge in [0.15, 0.2) is 12.6 Å². The van der Waals surface area contributed by atoms with Crippen molar-refractivity contribution in [3.63, 3.8) is 0 Å². The minimum Gasteiger partial charge on any atom is -0.394 e. The lowest BCUT2D eigenvalue weighted by Crippen LogP contribution is -2.65. The van der Waals surface area contributed by atoms with Gasteiger partial charge in [-0.2, -0.15) is 0 Å². The number of ether oxygens (including phenoxy) is 4. The second kappa shape index (κ2) is 58.5. The van der Waals surface area contributed by atoms with Crippen molar-refractivity contribution in [2.45, 2.75) is 338 Å². The molecule has 0 aliphatic carbocycles. The molecule has 0 spiro atoms. The highest BCUT2D eigenvalue weighted by Crippen LogP contribution is 2.30. The quantitative estimate of drug-likeness (QED) is 0.0204. The summed E-state index contributed by atoms with van der Waals surface area (Å²) < 4.78 is 22.9. The Morgan fingerprint density at radius 1 is 0.416 bits per heavy atom. The molecule has 2 saturated heterocycles. The van der Waals surface area contributed by atoms with E-state index in [0.717, 1.165) is 103 Å². The summed E-state index contributed by atoms with van der Waals surface area (Å²) in [6.07, 6.45) is 67.0. The van der Waals surface area contributed by atoms with Crippen LogP contribution >= 0.6 is 0 Å². The van der Waals surface area contributed by atoms with E-state index in [-0.39, 0.29) is 18.9 Å². The summed E-state index contributed by atoms with van der Waals surface area (Å²) in [4.78, 5) is 13.3. The van der Waals surface area contributed by atoms with E-state index in [2.05, 4.69) is 116 Å². The average Bonchev–Trinajstić information content (AvgIpc) is 2.75. The number of hydrogen-bond acceptors (Lipinski definition) is 13. The zero-order chi connectivity index (χ0) is 64.5. The molecule has 0 radical (unpaired) electrons. The van der Waals surface area contributed by atoms with Crippen LogP contribution in [0, 0.1) is 0 Å². The van der Waals surface area contributed by atoms with Gasteiger partial charge in [0.2, 0.25) is 5.91 Å². The van der Waals surface area contributed by atoms with Gasteiger partial charge in [-0.05, 0) is 83.5 Å². The third-order valence-corrected chi connectivity index (χ3v) is 16.7. The number of carbonyl (C=O) groups is 1. The van der Waals surface area contributed by atoms with Crippen LogP contribution in [0.25, 0.3) is 0 Å². The molecule has 12 unspecified atom stereocenters. The molecule has 14 nitrogen and oxygen atoms in total. The van der Waals surface area contributed by atoms with Crippen LogP contribution in [0.1, 0.15) is 264 Å². The second-order valence-corrected chi connectivity index (χ2v) is 24.6. The van der Waals surface area contributed by atoms with E-state index in [1.807, 2.05) is 6.08 Å². The number of unbranched alkanes of at least 4 members (excludes halogenated alkanes) is 28. The first kappa shape index (κ1) is 81.7. The third-order valence-electron chi connectivity index (χ3n) is 16.7. The topological polar surface area (TPSA) is 228 Å². The fraction of sp³-hybridized carbons (Fsp3) is 0.747. The summed E-state index contributed by atoms with van der Waals surface area (Å²) in [5.74, 6) is -0.250. The van der Waals surface area contributed by atoms with E-state index in [1.165, 1.54) is 135 Å². The summed E-state index contributed by atoms with van der Waals surface area (Å²) in [6, 6.07) is -0.928. The Morgan fingerprint density at radius 3 is 1.19 bits per heavy atom. The molecule has 14 heteroatoms. The summed E-state index contributed by atoms with van der Waals surface area (Å²) in [6.45, 7) is 2.70. The number of aliphatic hydroxyl groups excluding tert-OH is 8. The van der Waals surface area contributed by atoms with Crippen LogP contribution < -0.4 is 5.32 Å². The van der Waals surface area contributed by atoms with Gasteiger partial charge < -0.3 is 65.1 Å². The predicted molar refractivity (Wildman–Crippen MR) is 364 cm³/mol. The first-order valence-corrected chi connectivity index (χ1v) is 35.6. The number of rotatable bonds is 57. The van der Waals surface area contributed by atoms with Gasteiger partial charge in [-0.1, -0.05) is 284 Å². The molecule has 9 N–H and O–H groups in total. The average molecular weight is 1250 g/mol. The van der Waals surface area contributed by atoms with Gasteiger partial charge in [0.1, 0.15) is 48.8 Å². The summed E-state index contributed by atoms with van der Waals surface area (Å²) >= 11 is 0. The van der Waals surface area contributed by atoms with Crippen LogP contribution in [0.2, 0.25) is 0 Å². The van der Waals surface area contributed by atoms with E-state index < -0.39 is 86.8 Å². The van der Waals surface area contributed by atoms with Crippen molar-refractivity contribution in [3.05, 3.63) is 109 Å². The standard InChI is InChI=1S/C75H129NO13/c1-3-5-7-9-11-13-15-17-19-21-23-25-27-28-29-30-31-32-33-34-35-36-37-39-41-43-45-47-49-51-53-55-57-59-67(80)76-63(62-86-74-72(85)70(83)73(66(61-78)88-74)89-75-71(84)69(82)68(81)65(60-77)87-75)64(79)58-56-54-52-50-48-46-44-42-40-38-26-24-22-20-18-16-14-12-10-8-6-4-2/h5,7,11,13,17,19,23,25,28-29,31-32,34-35,37,39,56,58,63-66,68-75,77-79,81-85H,3-4,6,8-10,12,14-16,18,20-22,24,26-27,30,33,36,38,40-55,57,59-62H2,1-2H3,(H,76,80)/b7-5-,13-11-,19-17-,25-23-,29-28-,32-31-,35-34-,39-37-,58-56+. The third kappa shape index (κ3) is 42.5. The molecule has 512 valence electrons. The molecule has 0 bridgehead atoms. The van der Waals surface area contributed by atoms with E-state index >= 15 is 0 Å². The SMILES string of the molecule is CC/C=C\C/C=C\C/C=C\C/C=C\C/C=C\C/C=C\C/C=C\C/C=C\CCCCCCCCCCC(=O)NC(COC1OC(CO)C(OC2OC(CO)C(O)C(O)C2O)C(O)C1O)C(O)/C=C/CCCCCCCCCCCCCCCCCCCCCC. The fourth-order valence-electron chi connectivity index (χ4n) is 11.1. The van der Waals surface area contributed by atoms with Crippen molar-refractivity contribution >= 4 is 5.91 Å². The van der Waals surface area contributed by atoms with Gasteiger partial charge in [0.05, 0.1) is 32.0 Å². The highest BCUT2D eigenvalue weighted by molar-refractivity contribution is 5.76. The lowest BCUT2D eigenvalue weighted by molar-refractivity contribution is -0.359. The van der Waals surface area contributed by atoms with E-state index in [9.17, 15) is 45.6 Å². The Hall–Kier alpha value is -3.35. The van der Waals surface area contributed by atoms with Gasteiger partial charge in [0, 0.05) is 6.42 Å². The van der Waals surface area contributed by atoms with Crippen molar-refractivity contribution < 1.29 is 64.6 Å². The van der Waals surface area contributed by atoms with Crippen molar-refractivity contribution in [2.75, 3.05) is 19.8 Å². The van der Waals surface area contributed by atoms with Gasteiger partial charge in [0.25, 0.3) is 0 Å². The lowest BCUT2D eigenvalue weighted by atomic mass is 9.97. The largest absolute Gasteiger partial charge is 0.394 e. The van der Waals surface area contributed by atoms with Gasteiger partial charge in [-0.15, -0.1) is 0 Å². The highest BCUT2D eigenvalue weighted by atomic mass is 16.7. The Balaban J connectivity index is 1.69. The zero-order valence-electron chi connectivity index (χ0n) is 55.6. The Kier molecular flexibility index (Phi) is 53.7. The molecule has 0 aromatic carbocycles. The fourth-order valence-corrected chi connectivity index (χ4v) is 11.1. The summed E-state index contributed by atoms with van der Waals surface area (Å²) in [5.41, 5.74) is 0. The number of amides is 1. The molecule has 2 rings (SSSR count). The van der Waals surface area contributed by atoms with Crippen LogP contribution in [0.15, 0.2) is 109 Å². The smallest absolute Gasteiger partial charge is 0.220 e. The molecule has 0 aromatic heterocycles. The van der Waals surface area contributed by atoms with Crippen molar-refractivity contribution in [1.29, 1.82) is 0 Å². The van der Waals surface area contributed by atoms with Crippen LogP contribution in [-0.4, -0.2) is 140 Å².